The summed E-state index contributed by atoms with van der Waals surface area (Å²) >= 11 is 0. The Morgan fingerprint density at radius 3 is 2.47 bits per heavy atom. The van der Waals surface area contributed by atoms with Gasteiger partial charge in [-0.05, 0) is 98.5 Å². The van der Waals surface area contributed by atoms with Crippen molar-refractivity contribution in [3.8, 4) is 22.6 Å². The number of methoxy groups -OCH3 is 1. The number of piperidine rings is 3. The molecule has 1 aliphatic carbocycles. The second-order valence-electron chi connectivity index (χ2n) is 11.5. The van der Waals surface area contributed by atoms with Crippen molar-refractivity contribution in [2.24, 2.45) is 11.3 Å². The van der Waals surface area contributed by atoms with E-state index in [1.165, 1.54) is 0 Å². The standard InChI is InChI=1S/C29H37FN2O4/c1-17(2)36-25-7-6-19(13-26(25)35-5)21-12-20-15-29(3,4)27(22(20)14-23(21)30)32(28(33)34)24-16-31-10-8-18(24)9-11-31/h6-7,12-14,17-18,24,27H,8-11,15-16H2,1-5H3,(H,33,34)/p-1/t24-,27+/m1/s1. The van der Waals surface area contributed by atoms with Crippen LogP contribution in [0, 0.1) is 17.2 Å². The Hall–Kier alpha value is -2.80. The van der Waals surface area contributed by atoms with E-state index in [2.05, 4.69) is 18.7 Å². The summed E-state index contributed by atoms with van der Waals surface area (Å²) in [5, 5.41) is 12.6. The van der Waals surface area contributed by atoms with Crippen molar-refractivity contribution in [1.29, 1.82) is 0 Å². The molecule has 6 rings (SSSR count). The maximum absolute atomic E-state index is 15.7. The van der Waals surface area contributed by atoms with Crippen LogP contribution in [0.15, 0.2) is 30.3 Å². The first-order valence-electron chi connectivity index (χ1n) is 13.0. The van der Waals surface area contributed by atoms with Gasteiger partial charge in [0, 0.05) is 18.2 Å². The predicted molar refractivity (Wildman–Crippen MR) is 135 cm³/mol. The van der Waals surface area contributed by atoms with E-state index in [1.54, 1.807) is 30.2 Å². The molecule has 194 valence electrons. The Kier molecular flexibility index (Phi) is 6.39. The summed E-state index contributed by atoms with van der Waals surface area (Å²) < 4.78 is 27.0. The third-order valence-corrected chi connectivity index (χ3v) is 8.21. The van der Waals surface area contributed by atoms with Crippen LogP contribution in [-0.4, -0.2) is 54.8 Å². The molecule has 2 aromatic carbocycles. The quantitative estimate of drug-likeness (QED) is 0.584. The van der Waals surface area contributed by atoms with Gasteiger partial charge in [0.05, 0.1) is 19.3 Å². The smallest absolute Gasteiger partial charge is 0.161 e. The molecule has 0 radical (unpaired) electrons. The average Bonchev–Trinajstić information content (AvgIpc) is 3.08. The number of benzene rings is 2. The lowest BCUT2D eigenvalue weighted by Crippen LogP contribution is -2.62. The Bertz CT molecular complexity index is 1160. The molecule has 2 aromatic rings. The van der Waals surface area contributed by atoms with Crippen molar-refractivity contribution in [2.45, 2.75) is 65.1 Å². The van der Waals surface area contributed by atoms with Crippen molar-refractivity contribution < 1.29 is 23.8 Å². The van der Waals surface area contributed by atoms with Crippen LogP contribution in [0.4, 0.5) is 9.18 Å². The normalized spacial score (nSPS) is 26.1. The maximum atomic E-state index is 15.7. The molecule has 2 bridgehead atoms. The number of halogens is 1. The minimum absolute atomic E-state index is 0.0107. The van der Waals surface area contributed by atoms with Crippen molar-refractivity contribution in [1.82, 2.24) is 9.80 Å². The number of ether oxygens (including phenoxy) is 2. The first kappa shape index (κ1) is 24.9. The Morgan fingerprint density at radius 2 is 1.89 bits per heavy atom. The summed E-state index contributed by atoms with van der Waals surface area (Å²) in [4.78, 5) is 16.5. The Labute approximate surface area is 213 Å². The molecule has 0 N–H and O–H groups in total. The zero-order chi connectivity index (χ0) is 25.8. The fourth-order valence-electron chi connectivity index (χ4n) is 6.66. The summed E-state index contributed by atoms with van der Waals surface area (Å²) in [6.45, 7) is 10.8. The Balaban J connectivity index is 1.53. The van der Waals surface area contributed by atoms with Gasteiger partial charge in [0.1, 0.15) is 11.9 Å². The van der Waals surface area contributed by atoms with Gasteiger partial charge >= 0.3 is 0 Å². The molecule has 3 aliphatic heterocycles. The predicted octanol–water partition coefficient (Wildman–Crippen LogP) is 4.65. The third kappa shape index (κ3) is 4.32. The number of carbonyl (C=O) groups is 1. The number of carbonyl (C=O) groups excluding carboxylic acids is 1. The van der Waals surface area contributed by atoms with Gasteiger partial charge in [-0.2, -0.15) is 0 Å². The van der Waals surface area contributed by atoms with Crippen LogP contribution in [0.1, 0.15) is 57.7 Å². The minimum atomic E-state index is -1.16. The zero-order valence-corrected chi connectivity index (χ0v) is 21.8. The van der Waals surface area contributed by atoms with Crippen molar-refractivity contribution in [3.05, 3.63) is 47.3 Å². The van der Waals surface area contributed by atoms with E-state index in [9.17, 15) is 9.90 Å². The van der Waals surface area contributed by atoms with Crippen molar-refractivity contribution in [2.75, 3.05) is 26.7 Å². The molecular weight excluding hydrogens is 459 g/mol. The number of amides is 1. The number of hydrogen-bond donors (Lipinski definition) is 0. The van der Waals surface area contributed by atoms with Gasteiger partial charge < -0.3 is 29.2 Å². The van der Waals surface area contributed by atoms with Crippen LogP contribution in [0.2, 0.25) is 0 Å². The number of fused-ring (bicyclic) bond motifs is 4. The first-order valence-corrected chi connectivity index (χ1v) is 13.0. The molecule has 3 saturated heterocycles. The zero-order valence-electron chi connectivity index (χ0n) is 21.8. The van der Waals surface area contributed by atoms with Gasteiger partial charge in [0.2, 0.25) is 0 Å². The van der Waals surface area contributed by atoms with Crippen molar-refractivity contribution >= 4 is 6.09 Å². The highest BCUT2D eigenvalue weighted by atomic mass is 19.1. The summed E-state index contributed by atoms with van der Waals surface area (Å²) in [6, 6.07) is 8.31. The third-order valence-electron chi connectivity index (χ3n) is 8.21. The molecule has 0 saturated carbocycles. The summed E-state index contributed by atoms with van der Waals surface area (Å²) in [7, 11) is 1.57. The van der Waals surface area contributed by atoms with Crippen LogP contribution < -0.4 is 14.6 Å². The van der Waals surface area contributed by atoms with E-state index >= 15 is 4.39 Å². The monoisotopic (exact) mass is 495 g/mol. The van der Waals surface area contributed by atoms with Crippen LogP contribution in [0.5, 0.6) is 11.5 Å². The lowest BCUT2D eigenvalue weighted by atomic mass is 9.79. The molecule has 4 aliphatic rings. The molecule has 1 amide bonds. The minimum Gasteiger partial charge on any atom is -0.530 e. The summed E-state index contributed by atoms with van der Waals surface area (Å²) in [5.41, 5.74) is 2.52. The van der Waals surface area contributed by atoms with E-state index < -0.39 is 12.1 Å². The van der Waals surface area contributed by atoms with Crippen LogP contribution in [-0.2, 0) is 6.42 Å². The lowest BCUT2D eigenvalue weighted by Gasteiger charge is -2.53. The largest absolute Gasteiger partial charge is 0.530 e. The fourth-order valence-corrected chi connectivity index (χ4v) is 6.66. The molecule has 3 fully saturated rings. The van der Waals surface area contributed by atoms with E-state index in [0.717, 1.165) is 43.6 Å². The topological polar surface area (TPSA) is 65.1 Å². The number of nitrogens with zero attached hydrogens (tertiary/aromatic N) is 2. The average molecular weight is 496 g/mol. The van der Waals surface area contributed by atoms with Gasteiger partial charge in [0.15, 0.2) is 11.5 Å². The van der Waals surface area contributed by atoms with Crippen LogP contribution in [0.3, 0.4) is 0 Å². The number of carboxylic acid groups (broad SMARTS) is 1. The van der Waals surface area contributed by atoms with E-state index in [0.29, 0.717) is 35.0 Å². The molecular formula is C29H36FN2O4-. The van der Waals surface area contributed by atoms with Crippen molar-refractivity contribution in [3.63, 3.8) is 0 Å². The second-order valence-corrected chi connectivity index (χ2v) is 11.5. The highest BCUT2D eigenvalue weighted by Crippen LogP contribution is 2.52. The lowest BCUT2D eigenvalue weighted by molar-refractivity contribution is -0.276. The maximum Gasteiger partial charge on any atom is 0.161 e. The highest BCUT2D eigenvalue weighted by molar-refractivity contribution is 5.71. The van der Waals surface area contributed by atoms with Gasteiger partial charge in [-0.3, -0.25) is 0 Å². The molecule has 6 nitrogen and oxygen atoms in total. The SMILES string of the molecule is COc1cc(-c2cc3c(cc2F)[C@H](N(C(=O)[O-])[C@@H]2CN4CCC2CC4)C(C)(C)C3)ccc1OC(C)C. The van der Waals surface area contributed by atoms with Crippen LogP contribution >= 0.6 is 0 Å². The van der Waals surface area contributed by atoms with Gasteiger partial charge in [-0.25, -0.2) is 4.39 Å². The van der Waals surface area contributed by atoms with Gasteiger partial charge in [-0.1, -0.05) is 19.9 Å². The number of rotatable bonds is 6. The van der Waals surface area contributed by atoms with Crippen LogP contribution in [0.25, 0.3) is 11.1 Å². The van der Waals surface area contributed by atoms with Gasteiger partial charge in [0.25, 0.3) is 0 Å². The molecule has 0 spiro atoms. The summed E-state index contributed by atoms with van der Waals surface area (Å²) in [6.07, 6.45) is 1.50. The van der Waals surface area contributed by atoms with Gasteiger partial charge in [-0.15, -0.1) is 0 Å². The Morgan fingerprint density at radius 1 is 1.17 bits per heavy atom. The molecule has 0 unspecified atom stereocenters. The molecule has 36 heavy (non-hydrogen) atoms. The van der Waals surface area contributed by atoms with E-state index in [-0.39, 0.29) is 23.4 Å². The molecule has 7 heteroatoms. The van der Waals surface area contributed by atoms with E-state index in [1.807, 2.05) is 26.0 Å². The first-order chi connectivity index (χ1) is 17.1. The summed E-state index contributed by atoms with van der Waals surface area (Å²) in [5.74, 6) is 1.12. The molecule has 2 atom stereocenters. The van der Waals surface area contributed by atoms with E-state index in [4.69, 9.17) is 9.47 Å². The highest BCUT2D eigenvalue weighted by Gasteiger charge is 2.48. The fraction of sp³-hybridized carbons (Fsp3) is 0.552. The second kappa shape index (κ2) is 9.25. The molecule has 3 heterocycles. The number of hydrogen-bond acceptors (Lipinski definition) is 5. The molecule has 0 aromatic heterocycles.